The number of anilines is 2. The first-order valence-corrected chi connectivity index (χ1v) is 13.3. The van der Waals surface area contributed by atoms with E-state index in [-0.39, 0.29) is 36.5 Å². The van der Waals surface area contributed by atoms with Gasteiger partial charge in [0, 0.05) is 49.2 Å². The van der Waals surface area contributed by atoms with Gasteiger partial charge in [0.05, 0.1) is 36.3 Å². The summed E-state index contributed by atoms with van der Waals surface area (Å²) in [6, 6.07) is 5.84. The lowest BCUT2D eigenvalue weighted by atomic mass is 10.2. The quantitative estimate of drug-likeness (QED) is 0.599. The lowest BCUT2D eigenvalue weighted by Gasteiger charge is -2.30. The molecule has 4 heterocycles. The molecule has 0 aliphatic carbocycles. The van der Waals surface area contributed by atoms with Crippen molar-refractivity contribution in [2.45, 2.75) is 24.9 Å². The van der Waals surface area contributed by atoms with E-state index in [0.717, 1.165) is 49.2 Å². The molecule has 5 rings (SSSR count). The molecule has 4 saturated heterocycles. The highest BCUT2D eigenvalue weighted by Crippen LogP contribution is 2.31. The second-order valence-electron chi connectivity index (χ2n) is 8.39. The number of imide groups is 2. The zero-order valence-corrected chi connectivity index (χ0v) is 19.4. The summed E-state index contributed by atoms with van der Waals surface area (Å²) in [6.45, 7) is 3.27. The molecule has 32 heavy (non-hydrogen) atoms. The van der Waals surface area contributed by atoms with E-state index in [0.29, 0.717) is 11.4 Å². The van der Waals surface area contributed by atoms with Gasteiger partial charge in [0.25, 0.3) is 11.8 Å². The first kappa shape index (κ1) is 21.9. The number of carbonyl (C=O) groups is 4. The maximum absolute atomic E-state index is 13.0. The molecule has 0 N–H and O–H groups in total. The Hall–Kier alpha value is -1.88. The molecule has 4 aliphatic rings. The lowest BCUT2D eigenvalue weighted by Crippen LogP contribution is -2.46. The van der Waals surface area contributed by atoms with Gasteiger partial charge < -0.3 is 0 Å². The molecule has 0 unspecified atom stereocenters. The van der Waals surface area contributed by atoms with Crippen LogP contribution in [0.25, 0.3) is 0 Å². The van der Waals surface area contributed by atoms with Gasteiger partial charge >= 0.3 is 0 Å². The molecule has 4 fully saturated rings. The Morgan fingerprint density at radius 1 is 0.594 bits per heavy atom. The van der Waals surface area contributed by atoms with Gasteiger partial charge in [-0.1, -0.05) is 0 Å². The minimum Gasteiger partial charge on any atom is -0.290 e. The zero-order valence-electron chi connectivity index (χ0n) is 17.8. The standard InChI is InChI=1S/C22H26N4O4S2/c27-19-13-17(23-5-9-31-10-6-23)21(29)25(19)15-1-2-16(4-3-15)26-20(28)14-18(22(26)30)24-7-11-32-12-8-24/h1-4,17-18H,5-14H2/t17-,18-/m1/s1. The summed E-state index contributed by atoms with van der Waals surface area (Å²) >= 11 is 3.73. The van der Waals surface area contributed by atoms with Crippen LogP contribution in [0, 0.1) is 0 Å². The number of thioether (sulfide) groups is 2. The van der Waals surface area contributed by atoms with Crippen molar-refractivity contribution in [2.24, 2.45) is 0 Å². The van der Waals surface area contributed by atoms with Crippen molar-refractivity contribution in [2.75, 3.05) is 59.0 Å². The fourth-order valence-corrected chi connectivity index (χ4v) is 6.74. The number of rotatable bonds is 4. The van der Waals surface area contributed by atoms with Crippen LogP contribution in [0.2, 0.25) is 0 Å². The molecule has 8 nitrogen and oxygen atoms in total. The van der Waals surface area contributed by atoms with Crippen LogP contribution in [0.4, 0.5) is 11.4 Å². The summed E-state index contributed by atoms with van der Waals surface area (Å²) in [5, 5.41) is 0. The Morgan fingerprint density at radius 2 is 0.938 bits per heavy atom. The highest BCUT2D eigenvalue weighted by atomic mass is 32.2. The van der Waals surface area contributed by atoms with Crippen molar-refractivity contribution in [3.05, 3.63) is 24.3 Å². The summed E-state index contributed by atoms with van der Waals surface area (Å²) < 4.78 is 0. The number of nitrogens with zero attached hydrogens (tertiary/aromatic N) is 4. The van der Waals surface area contributed by atoms with E-state index in [1.54, 1.807) is 24.3 Å². The lowest BCUT2D eigenvalue weighted by molar-refractivity contribution is -0.124. The van der Waals surface area contributed by atoms with Crippen molar-refractivity contribution < 1.29 is 19.2 Å². The summed E-state index contributed by atoms with van der Waals surface area (Å²) in [7, 11) is 0. The van der Waals surface area contributed by atoms with Crippen molar-refractivity contribution in [1.29, 1.82) is 0 Å². The van der Waals surface area contributed by atoms with Gasteiger partial charge in [0.1, 0.15) is 0 Å². The molecule has 170 valence electrons. The molecule has 0 aromatic heterocycles. The highest BCUT2D eigenvalue weighted by Gasteiger charge is 2.44. The Kier molecular flexibility index (Phi) is 6.28. The molecule has 0 radical (unpaired) electrons. The molecule has 10 heteroatoms. The fourth-order valence-electron chi connectivity index (χ4n) is 4.87. The first-order chi connectivity index (χ1) is 15.5. The average Bonchev–Trinajstić information content (AvgIpc) is 3.29. The SMILES string of the molecule is O=C1C[C@@H](N2CCSCC2)C(=O)N1c1ccc(N2C(=O)C[C@@H](N3CCSCC3)C2=O)cc1. The van der Waals surface area contributed by atoms with Crippen LogP contribution in [0.15, 0.2) is 24.3 Å². The third-order valence-corrected chi connectivity index (χ3v) is 8.47. The second-order valence-corrected chi connectivity index (χ2v) is 10.8. The zero-order chi connectivity index (χ0) is 22.2. The minimum atomic E-state index is -0.395. The van der Waals surface area contributed by atoms with Crippen LogP contribution in [0.1, 0.15) is 12.8 Å². The van der Waals surface area contributed by atoms with E-state index < -0.39 is 12.1 Å². The average molecular weight is 475 g/mol. The van der Waals surface area contributed by atoms with E-state index >= 15 is 0 Å². The van der Waals surface area contributed by atoms with Gasteiger partial charge in [-0.3, -0.25) is 29.0 Å². The van der Waals surface area contributed by atoms with Crippen LogP contribution >= 0.6 is 23.5 Å². The first-order valence-electron chi connectivity index (χ1n) is 11.0. The van der Waals surface area contributed by atoms with Crippen molar-refractivity contribution in [3.63, 3.8) is 0 Å². The number of hydrogen-bond donors (Lipinski definition) is 0. The monoisotopic (exact) mass is 474 g/mol. The van der Waals surface area contributed by atoms with Crippen LogP contribution in [0.3, 0.4) is 0 Å². The molecule has 0 saturated carbocycles. The minimum absolute atomic E-state index is 0.189. The Labute approximate surface area is 195 Å². The molecule has 0 bridgehead atoms. The molecule has 0 spiro atoms. The van der Waals surface area contributed by atoms with Gasteiger partial charge in [0.2, 0.25) is 11.8 Å². The molecule has 1 aromatic carbocycles. The molecular formula is C22H26N4O4S2. The fraction of sp³-hybridized carbons (Fsp3) is 0.545. The third-order valence-electron chi connectivity index (χ3n) is 6.58. The van der Waals surface area contributed by atoms with E-state index in [1.807, 2.05) is 23.5 Å². The van der Waals surface area contributed by atoms with Gasteiger partial charge in [-0.15, -0.1) is 0 Å². The third kappa shape index (κ3) is 3.98. The molecular weight excluding hydrogens is 448 g/mol. The maximum atomic E-state index is 13.0. The second kappa shape index (κ2) is 9.17. The van der Waals surface area contributed by atoms with Crippen molar-refractivity contribution in [1.82, 2.24) is 9.80 Å². The Balaban J connectivity index is 1.31. The Morgan fingerprint density at radius 3 is 1.28 bits per heavy atom. The van der Waals surface area contributed by atoms with Gasteiger partial charge in [0.15, 0.2) is 0 Å². The number of hydrogen-bond acceptors (Lipinski definition) is 8. The van der Waals surface area contributed by atoms with Crippen LogP contribution in [-0.2, 0) is 19.2 Å². The topological polar surface area (TPSA) is 81.2 Å². The van der Waals surface area contributed by atoms with Crippen LogP contribution in [0.5, 0.6) is 0 Å². The summed E-state index contributed by atoms with van der Waals surface area (Å²) in [5.74, 6) is 3.11. The highest BCUT2D eigenvalue weighted by molar-refractivity contribution is 7.99. The normalized spacial score (nSPS) is 28.2. The smallest absolute Gasteiger partial charge is 0.251 e. The van der Waals surface area contributed by atoms with E-state index in [9.17, 15) is 19.2 Å². The van der Waals surface area contributed by atoms with Gasteiger partial charge in [-0.25, -0.2) is 9.80 Å². The van der Waals surface area contributed by atoms with Crippen molar-refractivity contribution in [3.8, 4) is 0 Å². The van der Waals surface area contributed by atoms with Gasteiger partial charge in [-0.05, 0) is 24.3 Å². The number of amides is 4. The molecule has 2 atom stereocenters. The Bertz CT molecular complexity index is 853. The predicted octanol–water partition coefficient (Wildman–Crippen LogP) is 1.05. The molecule has 4 amide bonds. The number of benzene rings is 1. The summed E-state index contributed by atoms with van der Waals surface area (Å²) in [6.07, 6.45) is 0.397. The van der Waals surface area contributed by atoms with E-state index in [4.69, 9.17) is 0 Å². The molecule has 4 aliphatic heterocycles. The summed E-state index contributed by atoms with van der Waals surface area (Å²) in [5.41, 5.74) is 0.975. The van der Waals surface area contributed by atoms with Crippen LogP contribution in [-0.4, -0.2) is 94.7 Å². The van der Waals surface area contributed by atoms with Crippen LogP contribution < -0.4 is 9.80 Å². The predicted molar refractivity (Wildman–Crippen MR) is 126 cm³/mol. The number of carbonyl (C=O) groups excluding carboxylic acids is 4. The molecule has 1 aromatic rings. The van der Waals surface area contributed by atoms with Gasteiger partial charge in [-0.2, -0.15) is 23.5 Å². The van der Waals surface area contributed by atoms with E-state index in [1.165, 1.54) is 9.80 Å². The largest absolute Gasteiger partial charge is 0.290 e. The van der Waals surface area contributed by atoms with E-state index in [2.05, 4.69) is 9.80 Å². The van der Waals surface area contributed by atoms with Crippen molar-refractivity contribution >= 4 is 58.5 Å². The summed E-state index contributed by atoms with van der Waals surface area (Å²) in [4.78, 5) is 58.0. The maximum Gasteiger partial charge on any atom is 0.251 e.